The minimum Gasteiger partial charge on any atom is -0.310 e. The van der Waals surface area contributed by atoms with Crippen molar-refractivity contribution in [1.29, 1.82) is 0 Å². The minimum atomic E-state index is 0.312. The van der Waals surface area contributed by atoms with Gasteiger partial charge in [-0.25, -0.2) is 9.97 Å². The van der Waals surface area contributed by atoms with Crippen LogP contribution in [0.2, 0.25) is 5.02 Å². The first-order chi connectivity index (χ1) is 9.20. The Morgan fingerprint density at radius 3 is 2.89 bits per heavy atom. The molecule has 0 aliphatic rings. The van der Waals surface area contributed by atoms with Crippen LogP contribution in [0.15, 0.2) is 46.7 Å². The molecule has 0 aliphatic heterocycles. The summed E-state index contributed by atoms with van der Waals surface area (Å²) < 4.78 is 0. The Kier molecular flexibility index (Phi) is 5.19. The Morgan fingerprint density at radius 1 is 1.32 bits per heavy atom. The molecule has 19 heavy (non-hydrogen) atoms. The van der Waals surface area contributed by atoms with Crippen molar-refractivity contribution in [2.24, 2.45) is 0 Å². The van der Waals surface area contributed by atoms with Crippen molar-refractivity contribution in [3.63, 3.8) is 0 Å². The van der Waals surface area contributed by atoms with Gasteiger partial charge in [0, 0.05) is 18.4 Å². The molecule has 0 radical (unpaired) electrons. The number of rotatable bonds is 5. The molecule has 0 saturated heterocycles. The predicted molar refractivity (Wildman–Crippen MR) is 79.7 cm³/mol. The van der Waals surface area contributed by atoms with E-state index in [1.54, 1.807) is 6.20 Å². The molecule has 2 rings (SSSR count). The van der Waals surface area contributed by atoms with Crippen molar-refractivity contribution < 1.29 is 0 Å². The zero-order valence-electron chi connectivity index (χ0n) is 10.9. The standard InChI is InChI=1S/C14H16ClN3S/c1-3-16-10(2)11-6-8-17-13(9-11)19-14-12(15)5-4-7-18-14/h4-10,16H,3H2,1-2H3. The Bertz CT molecular complexity index is 548. The Morgan fingerprint density at radius 2 is 2.16 bits per heavy atom. The van der Waals surface area contributed by atoms with Crippen LogP contribution in [-0.2, 0) is 0 Å². The molecule has 0 spiro atoms. The third-order valence-electron chi connectivity index (χ3n) is 2.70. The quantitative estimate of drug-likeness (QED) is 0.906. The molecule has 0 amide bonds. The molecule has 1 atom stereocenters. The second-order valence-electron chi connectivity index (χ2n) is 4.10. The maximum atomic E-state index is 6.10. The average molecular weight is 294 g/mol. The van der Waals surface area contributed by atoms with Crippen molar-refractivity contribution in [3.8, 4) is 0 Å². The van der Waals surface area contributed by atoms with E-state index in [0.29, 0.717) is 11.1 Å². The van der Waals surface area contributed by atoms with E-state index < -0.39 is 0 Å². The van der Waals surface area contributed by atoms with Gasteiger partial charge < -0.3 is 5.32 Å². The SMILES string of the molecule is CCNC(C)c1ccnc(Sc2ncccc2Cl)c1. The summed E-state index contributed by atoms with van der Waals surface area (Å²) in [4.78, 5) is 8.61. The number of aromatic nitrogens is 2. The van der Waals surface area contributed by atoms with Crippen LogP contribution in [0.25, 0.3) is 0 Å². The lowest BCUT2D eigenvalue weighted by molar-refractivity contribution is 0.596. The van der Waals surface area contributed by atoms with Crippen molar-refractivity contribution in [2.75, 3.05) is 6.54 Å². The lowest BCUT2D eigenvalue weighted by Gasteiger charge is -2.13. The van der Waals surface area contributed by atoms with Crippen molar-refractivity contribution in [3.05, 3.63) is 47.2 Å². The first-order valence-electron chi connectivity index (χ1n) is 6.18. The number of nitrogens with one attached hydrogen (secondary N) is 1. The molecule has 100 valence electrons. The van der Waals surface area contributed by atoms with Crippen LogP contribution in [0, 0.1) is 0 Å². The summed E-state index contributed by atoms with van der Waals surface area (Å²) in [5.74, 6) is 0. The zero-order valence-corrected chi connectivity index (χ0v) is 12.5. The summed E-state index contributed by atoms with van der Waals surface area (Å²) in [5, 5.41) is 5.73. The van der Waals surface area contributed by atoms with Crippen LogP contribution < -0.4 is 5.32 Å². The smallest absolute Gasteiger partial charge is 0.121 e. The third-order valence-corrected chi connectivity index (χ3v) is 4.06. The molecule has 1 unspecified atom stereocenters. The summed E-state index contributed by atoms with van der Waals surface area (Å²) in [6.45, 7) is 5.18. The van der Waals surface area contributed by atoms with Gasteiger partial charge >= 0.3 is 0 Å². The van der Waals surface area contributed by atoms with Crippen LogP contribution in [0.5, 0.6) is 0 Å². The molecule has 2 aromatic rings. The van der Waals surface area contributed by atoms with Gasteiger partial charge in [0.2, 0.25) is 0 Å². The summed E-state index contributed by atoms with van der Waals surface area (Å²) in [7, 11) is 0. The summed E-state index contributed by atoms with van der Waals surface area (Å²) in [6, 6.07) is 8.07. The molecule has 2 heterocycles. The molecule has 0 saturated carbocycles. The predicted octanol–water partition coefficient (Wildman–Crippen LogP) is 3.95. The normalized spacial score (nSPS) is 12.4. The fourth-order valence-corrected chi connectivity index (χ4v) is 2.74. The lowest BCUT2D eigenvalue weighted by Crippen LogP contribution is -2.17. The van der Waals surface area contributed by atoms with Gasteiger partial charge in [0.05, 0.1) is 5.02 Å². The molecule has 0 aliphatic carbocycles. The highest BCUT2D eigenvalue weighted by Gasteiger charge is 2.08. The van der Waals surface area contributed by atoms with E-state index in [1.807, 2.05) is 24.4 Å². The van der Waals surface area contributed by atoms with Crippen LogP contribution in [-0.4, -0.2) is 16.5 Å². The van der Waals surface area contributed by atoms with E-state index in [9.17, 15) is 0 Å². The third kappa shape index (κ3) is 3.93. The fourth-order valence-electron chi connectivity index (χ4n) is 1.72. The van der Waals surface area contributed by atoms with E-state index in [2.05, 4.69) is 35.2 Å². The van der Waals surface area contributed by atoms with E-state index in [1.165, 1.54) is 17.3 Å². The Hall–Kier alpha value is -1.10. The largest absolute Gasteiger partial charge is 0.310 e. The first-order valence-corrected chi connectivity index (χ1v) is 7.38. The topological polar surface area (TPSA) is 37.8 Å². The monoisotopic (exact) mass is 293 g/mol. The molecule has 0 fully saturated rings. The van der Waals surface area contributed by atoms with Crippen molar-refractivity contribution in [1.82, 2.24) is 15.3 Å². The molecule has 2 aromatic heterocycles. The number of nitrogens with zero attached hydrogens (tertiary/aromatic N) is 2. The maximum Gasteiger partial charge on any atom is 0.121 e. The maximum absolute atomic E-state index is 6.10. The molecule has 3 nitrogen and oxygen atoms in total. The van der Waals surface area contributed by atoms with E-state index in [-0.39, 0.29) is 0 Å². The van der Waals surface area contributed by atoms with Gasteiger partial charge in [-0.1, -0.05) is 18.5 Å². The highest BCUT2D eigenvalue weighted by atomic mass is 35.5. The van der Waals surface area contributed by atoms with E-state index in [0.717, 1.165) is 16.6 Å². The summed E-state index contributed by atoms with van der Waals surface area (Å²) in [5.41, 5.74) is 1.21. The van der Waals surface area contributed by atoms with Crippen molar-refractivity contribution in [2.45, 2.75) is 29.9 Å². The molecular weight excluding hydrogens is 278 g/mol. The molecule has 5 heteroatoms. The van der Waals surface area contributed by atoms with Crippen LogP contribution >= 0.6 is 23.4 Å². The van der Waals surface area contributed by atoms with Crippen molar-refractivity contribution >= 4 is 23.4 Å². The Balaban J connectivity index is 2.18. The van der Waals surface area contributed by atoms with Gasteiger partial charge in [-0.05, 0) is 55.1 Å². The first kappa shape index (κ1) is 14.3. The average Bonchev–Trinajstić information content (AvgIpc) is 2.42. The van der Waals surface area contributed by atoms with Crippen LogP contribution in [0.3, 0.4) is 0 Å². The van der Waals surface area contributed by atoms with Gasteiger partial charge in [-0.2, -0.15) is 0 Å². The summed E-state index contributed by atoms with van der Waals surface area (Å²) in [6.07, 6.45) is 3.56. The highest BCUT2D eigenvalue weighted by molar-refractivity contribution is 7.99. The second-order valence-corrected chi connectivity index (χ2v) is 5.52. The number of pyridine rings is 2. The molecule has 0 bridgehead atoms. The van der Waals surface area contributed by atoms with Gasteiger partial charge in [0.25, 0.3) is 0 Å². The zero-order chi connectivity index (χ0) is 13.7. The number of hydrogen-bond acceptors (Lipinski definition) is 4. The van der Waals surface area contributed by atoms with Gasteiger partial charge in [-0.3, -0.25) is 0 Å². The highest BCUT2D eigenvalue weighted by Crippen LogP contribution is 2.30. The lowest BCUT2D eigenvalue weighted by atomic mass is 10.1. The molecule has 1 N–H and O–H groups in total. The van der Waals surface area contributed by atoms with Crippen LogP contribution in [0.1, 0.15) is 25.5 Å². The van der Waals surface area contributed by atoms with E-state index in [4.69, 9.17) is 11.6 Å². The Labute approximate surface area is 122 Å². The number of halogens is 1. The van der Waals surface area contributed by atoms with Gasteiger partial charge in [-0.15, -0.1) is 0 Å². The van der Waals surface area contributed by atoms with Crippen LogP contribution in [0.4, 0.5) is 0 Å². The summed E-state index contributed by atoms with van der Waals surface area (Å²) >= 11 is 7.58. The fraction of sp³-hybridized carbons (Fsp3) is 0.286. The molecule has 0 aromatic carbocycles. The van der Waals surface area contributed by atoms with Gasteiger partial charge in [0.15, 0.2) is 0 Å². The molecular formula is C14H16ClN3S. The van der Waals surface area contributed by atoms with E-state index >= 15 is 0 Å². The number of hydrogen-bond donors (Lipinski definition) is 1. The minimum absolute atomic E-state index is 0.312. The second kappa shape index (κ2) is 6.89. The van der Waals surface area contributed by atoms with Gasteiger partial charge in [0.1, 0.15) is 10.1 Å².